The molecule has 0 saturated heterocycles. The fraction of sp³-hybridized carbons (Fsp3) is 0.154. The van der Waals surface area contributed by atoms with Crippen LogP contribution in [-0.4, -0.2) is 11.7 Å². The lowest BCUT2D eigenvalue weighted by atomic mass is 10.2. The molecule has 0 saturated carbocycles. The Balaban J connectivity index is 1.87. The zero-order chi connectivity index (χ0) is 12.1. The standard InChI is InChI=1S/C13H13NOS2/c1-10-5-2-3-6-11(10)14-12(15)9-17-13-7-4-8-16-13/h2-8H,9H2,1H3,(H,14,15). The molecule has 0 radical (unpaired) electrons. The number of anilines is 1. The number of thiophene rings is 1. The molecule has 2 nitrogen and oxygen atoms in total. The van der Waals surface area contributed by atoms with E-state index in [0.29, 0.717) is 5.75 Å². The molecule has 0 unspecified atom stereocenters. The summed E-state index contributed by atoms with van der Waals surface area (Å²) in [5.74, 6) is 0.493. The van der Waals surface area contributed by atoms with Crippen molar-refractivity contribution in [1.82, 2.24) is 0 Å². The zero-order valence-corrected chi connectivity index (χ0v) is 11.1. The SMILES string of the molecule is Cc1ccccc1NC(=O)CSc1cccs1. The van der Waals surface area contributed by atoms with Gasteiger partial charge in [0.2, 0.25) is 5.91 Å². The number of para-hydroxylation sites is 1. The highest BCUT2D eigenvalue weighted by atomic mass is 32.2. The molecule has 1 heterocycles. The molecule has 1 aromatic carbocycles. The summed E-state index contributed by atoms with van der Waals surface area (Å²) in [5, 5.41) is 4.93. The summed E-state index contributed by atoms with van der Waals surface area (Å²) >= 11 is 3.22. The van der Waals surface area contributed by atoms with Crippen LogP contribution in [0.1, 0.15) is 5.56 Å². The third-order valence-electron chi connectivity index (χ3n) is 2.26. The van der Waals surface area contributed by atoms with E-state index in [9.17, 15) is 4.79 Å². The molecule has 1 N–H and O–H groups in total. The smallest absolute Gasteiger partial charge is 0.234 e. The van der Waals surface area contributed by atoms with Gasteiger partial charge in [-0.1, -0.05) is 24.3 Å². The first-order chi connectivity index (χ1) is 8.25. The molecule has 0 fully saturated rings. The molecule has 0 aliphatic rings. The molecule has 1 aromatic heterocycles. The first-order valence-corrected chi connectivity index (χ1v) is 7.14. The molecule has 0 aliphatic carbocycles. The lowest BCUT2D eigenvalue weighted by Crippen LogP contribution is -2.14. The van der Waals surface area contributed by atoms with Crippen LogP contribution in [0.5, 0.6) is 0 Å². The summed E-state index contributed by atoms with van der Waals surface area (Å²) in [6, 6.07) is 11.8. The number of benzene rings is 1. The van der Waals surface area contributed by atoms with Crippen LogP contribution in [0.2, 0.25) is 0 Å². The molecule has 0 aliphatic heterocycles. The minimum atomic E-state index is 0.0395. The van der Waals surface area contributed by atoms with Gasteiger partial charge in [0.25, 0.3) is 0 Å². The first-order valence-electron chi connectivity index (χ1n) is 5.27. The number of carbonyl (C=O) groups is 1. The van der Waals surface area contributed by atoms with Gasteiger partial charge in [0.1, 0.15) is 0 Å². The molecule has 17 heavy (non-hydrogen) atoms. The van der Waals surface area contributed by atoms with Gasteiger partial charge in [-0.25, -0.2) is 0 Å². The van der Waals surface area contributed by atoms with Gasteiger partial charge in [0.05, 0.1) is 9.96 Å². The molecule has 2 rings (SSSR count). The lowest BCUT2D eigenvalue weighted by Gasteiger charge is -2.07. The number of thioether (sulfide) groups is 1. The number of aryl methyl sites for hydroxylation is 1. The van der Waals surface area contributed by atoms with E-state index in [1.807, 2.05) is 48.7 Å². The van der Waals surface area contributed by atoms with Crippen LogP contribution < -0.4 is 5.32 Å². The van der Waals surface area contributed by atoms with Crippen molar-refractivity contribution in [1.29, 1.82) is 0 Å². The normalized spacial score (nSPS) is 10.2. The molecule has 1 amide bonds. The summed E-state index contributed by atoms with van der Waals surface area (Å²) in [5.41, 5.74) is 1.98. The minimum absolute atomic E-state index is 0.0395. The van der Waals surface area contributed by atoms with Gasteiger partial charge in [0, 0.05) is 5.69 Å². The van der Waals surface area contributed by atoms with E-state index >= 15 is 0 Å². The summed E-state index contributed by atoms with van der Waals surface area (Å²) < 4.78 is 1.17. The monoisotopic (exact) mass is 263 g/mol. The summed E-state index contributed by atoms with van der Waals surface area (Å²) in [4.78, 5) is 11.7. The quantitative estimate of drug-likeness (QED) is 0.850. The molecule has 4 heteroatoms. The van der Waals surface area contributed by atoms with Crippen molar-refractivity contribution in [3.05, 3.63) is 47.3 Å². The lowest BCUT2D eigenvalue weighted by molar-refractivity contribution is -0.113. The van der Waals surface area contributed by atoms with Crippen LogP contribution in [0.4, 0.5) is 5.69 Å². The van der Waals surface area contributed by atoms with Crippen LogP contribution in [0, 0.1) is 6.92 Å². The largest absolute Gasteiger partial charge is 0.325 e. The maximum atomic E-state index is 11.7. The van der Waals surface area contributed by atoms with Crippen molar-refractivity contribution < 1.29 is 4.79 Å². The second-order valence-electron chi connectivity index (χ2n) is 3.58. The molecule has 2 aromatic rings. The third kappa shape index (κ3) is 3.61. The molecular weight excluding hydrogens is 250 g/mol. The first kappa shape index (κ1) is 12.2. The summed E-state index contributed by atoms with van der Waals surface area (Å²) in [7, 11) is 0. The maximum Gasteiger partial charge on any atom is 0.234 e. The van der Waals surface area contributed by atoms with E-state index in [2.05, 4.69) is 5.32 Å². The van der Waals surface area contributed by atoms with Crippen LogP contribution in [-0.2, 0) is 4.79 Å². The van der Waals surface area contributed by atoms with Crippen molar-refractivity contribution in [2.75, 3.05) is 11.1 Å². The number of hydrogen-bond donors (Lipinski definition) is 1. The Hall–Kier alpha value is -1.26. The highest BCUT2D eigenvalue weighted by Gasteiger charge is 2.05. The Labute approximate surface area is 109 Å². The fourth-order valence-corrected chi connectivity index (χ4v) is 2.97. The third-order valence-corrected chi connectivity index (χ3v) is 4.39. The Kier molecular flexibility index (Phi) is 4.23. The van der Waals surface area contributed by atoms with Gasteiger partial charge < -0.3 is 5.32 Å². The Morgan fingerprint density at radius 3 is 2.82 bits per heavy atom. The van der Waals surface area contributed by atoms with Crippen molar-refractivity contribution in [3.63, 3.8) is 0 Å². The van der Waals surface area contributed by atoms with Crippen LogP contribution in [0.15, 0.2) is 46.0 Å². The van der Waals surface area contributed by atoms with Gasteiger partial charge in [-0.15, -0.1) is 23.1 Å². The van der Waals surface area contributed by atoms with Crippen LogP contribution in [0.3, 0.4) is 0 Å². The van der Waals surface area contributed by atoms with Gasteiger partial charge in [-0.3, -0.25) is 4.79 Å². The van der Waals surface area contributed by atoms with Gasteiger partial charge in [-0.05, 0) is 30.0 Å². The molecule has 0 bridgehead atoms. The van der Waals surface area contributed by atoms with E-state index in [0.717, 1.165) is 11.3 Å². The Bertz CT molecular complexity index is 494. The average molecular weight is 263 g/mol. The van der Waals surface area contributed by atoms with Crippen molar-refractivity contribution in [3.8, 4) is 0 Å². The maximum absolute atomic E-state index is 11.7. The zero-order valence-electron chi connectivity index (χ0n) is 9.47. The van der Waals surface area contributed by atoms with Crippen LogP contribution >= 0.6 is 23.1 Å². The number of carbonyl (C=O) groups excluding carboxylic acids is 1. The van der Waals surface area contributed by atoms with Crippen molar-refractivity contribution in [2.24, 2.45) is 0 Å². The highest BCUT2D eigenvalue weighted by Crippen LogP contribution is 2.23. The number of nitrogens with one attached hydrogen (secondary N) is 1. The summed E-state index contributed by atoms with van der Waals surface area (Å²) in [6.45, 7) is 1.99. The highest BCUT2D eigenvalue weighted by molar-refractivity contribution is 8.01. The topological polar surface area (TPSA) is 29.1 Å². The average Bonchev–Trinajstić information content (AvgIpc) is 2.82. The van der Waals surface area contributed by atoms with Gasteiger partial charge in [0.15, 0.2) is 0 Å². The van der Waals surface area contributed by atoms with E-state index in [4.69, 9.17) is 0 Å². The second-order valence-corrected chi connectivity index (χ2v) is 5.81. The van der Waals surface area contributed by atoms with Crippen LogP contribution in [0.25, 0.3) is 0 Å². The van der Waals surface area contributed by atoms with Gasteiger partial charge in [-0.2, -0.15) is 0 Å². The molecular formula is C13H13NOS2. The van der Waals surface area contributed by atoms with E-state index in [1.165, 1.54) is 4.21 Å². The van der Waals surface area contributed by atoms with E-state index in [-0.39, 0.29) is 5.91 Å². The Morgan fingerprint density at radius 1 is 1.29 bits per heavy atom. The molecule has 0 atom stereocenters. The molecule has 0 spiro atoms. The summed E-state index contributed by atoms with van der Waals surface area (Å²) in [6.07, 6.45) is 0. The molecule has 88 valence electrons. The van der Waals surface area contributed by atoms with E-state index in [1.54, 1.807) is 23.1 Å². The van der Waals surface area contributed by atoms with Crippen molar-refractivity contribution >= 4 is 34.7 Å². The van der Waals surface area contributed by atoms with Crippen molar-refractivity contribution in [2.45, 2.75) is 11.1 Å². The Morgan fingerprint density at radius 2 is 2.12 bits per heavy atom. The predicted molar refractivity (Wildman–Crippen MR) is 74.9 cm³/mol. The predicted octanol–water partition coefficient (Wildman–Crippen LogP) is 3.79. The number of hydrogen-bond acceptors (Lipinski definition) is 3. The fourth-order valence-electron chi connectivity index (χ4n) is 1.38. The number of amides is 1. The number of rotatable bonds is 4. The minimum Gasteiger partial charge on any atom is -0.325 e. The second kappa shape index (κ2) is 5.89. The van der Waals surface area contributed by atoms with E-state index < -0.39 is 0 Å². The van der Waals surface area contributed by atoms with Gasteiger partial charge >= 0.3 is 0 Å².